The molecule has 0 radical (unpaired) electrons. The Bertz CT molecular complexity index is 604. The molecule has 0 saturated heterocycles. The molecule has 0 bridgehead atoms. The van der Waals surface area contributed by atoms with Crippen molar-refractivity contribution in [2.75, 3.05) is 18.9 Å². The molecule has 3 amide bonds. The van der Waals surface area contributed by atoms with Crippen LogP contribution < -0.4 is 21.7 Å². The summed E-state index contributed by atoms with van der Waals surface area (Å²) in [5.74, 6) is -1.21. The minimum Gasteiger partial charge on any atom is -0.355 e. The Balaban J connectivity index is 2.65. The van der Waals surface area contributed by atoms with Crippen molar-refractivity contribution in [3.8, 4) is 0 Å². The van der Waals surface area contributed by atoms with Crippen LogP contribution in [0.5, 0.6) is 0 Å². The van der Waals surface area contributed by atoms with Gasteiger partial charge in [-0.05, 0) is 24.1 Å². The lowest BCUT2D eigenvalue weighted by Gasteiger charge is -2.15. The molecule has 0 saturated carbocycles. The average molecular weight is 341 g/mol. The molecule has 0 heterocycles. The number of nitrogens with two attached hydrogens (primary N) is 1. The zero-order valence-corrected chi connectivity index (χ0v) is 14.0. The molecule has 126 valence electrons. The third-order valence-corrected chi connectivity index (χ3v) is 3.50. The number of amides is 3. The molecule has 0 spiro atoms. The molecule has 8 heteroatoms. The molecule has 1 rings (SSSR count). The largest absolute Gasteiger partial charge is 0.355 e. The molecular formula is C15H21ClN4O3. The van der Waals surface area contributed by atoms with E-state index < -0.39 is 17.9 Å². The first-order valence-corrected chi connectivity index (χ1v) is 7.48. The maximum atomic E-state index is 11.8. The molecule has 5 N–H and O–H groups in total. The SMILES string of the molecule is CNC(=O)c1cc(NC(=O)CNC(=O)[C@@H](N)C(C)C)ccc1Cl. The highest BCUT2D eigenvalue weighted by molar-refractivity contribution is 6.34. The van der Waals surface area contributed by atoms with Gasteiger partial charge in [0.2, 0.25) is 11.8 Å². The van der Waals surface area contributed by atoms with E-state index in [1.807, 2.05) is 13.8 Å². The number of halogens is 1. The first-order valence-electron chi connectivity index (χ1n) is 7.11. The Hall–Kier alpha value is -2.12. The Kier molecular flexibility index (Phi) is 6.99. The van der Waals surface area contributed by atoms with E-state index in [1.54, 1.807) is 6.07 Å². The quantitative estimate of drug-likeness (QED) is 0.611. The van der Waals surface area contributed by atoms with Crippen LogP contribution in [0.3, 0.4) is 0 Å². The van der Waals surface area contributed by atoms with Crippen molar-refractivity contribution in [2.45, 2.75) is 19.9 Å². The van der Waals surface area contributed by atoms with Gasteiger partial charge in [-0.15, -0.1) is 0 Å². The summed E-state index contributed by atoms with van der Waals surface area (Å²) < 4.78 is 0. The van der Waals surface area contributed by atoms with Gasteiger partial charge in [0.1, 0.15) is 0 Å². The van der Waals surface area contributed by atoms with Crippen LogP contribution >= 0.6 is 11.6 Å². The molecule has 0 aliphatic carbocycles. The van der Waals surface area contributed by atoms with Gasteiger partial charge in [-0.2, -0.15) is 0 Å². The number of hydrogen-bond acceptors (Lipinski definition) is 4. The normalized spacial score (nSPS) is 11.7. The van der Waals surface area contributed by atoms with Gasteiger partial charge in [0.15, 0.2) is 0 Å². The first kappa shape index (κ1) is 18.9. The summed E-state index contributed by atoms with van der Waals surface area (Å²) in [6, 6.07) is 3.86. The summed E-state index contributed by atoms with van der Waals surface area (Å²) >= 11 is 5.93. The standard InChI is InChI=1S/C15H21ClN4O3/c1-8(2)13(17)15(23)19-7-12(21)20-9-4-5-11(16)10(6-9)14(22)18-3/h4-6,8,13H,7,17H2,1-3H3,(H,18,22)(H,19,23)(H,20,21)/t13-/m0/s1. The van der Waals surface area contributed by atoms with E-state index in [0.29, 0.717) is 5.69 Å². The smallest absolute Gasteiger partial charge is 0.252 e. The highest BCUT2D eigenvalue weighted by Crippen LogP contribution is 2.20. The topological polar surface area (TPSA) is 113 Å². The van der Waals surface area contributed by atoms with Crippen molar-refractivity contribution >= 4 is 35.0 Å². The van der Waals surface area contributed by atoms with Gasteiger partial charge in [0.25, 0.3) is 5.91 Å². The van der Waals surface area contributed by atoms with Gasteiger partial charge < -0.3 is 21.7 Å². The predicted octanol–water partition coefficient (Wildman–Crippen LogP) is 0.738. The van der Waals surface area contributed by atoms with E-state index in [4.69, 9.17) is 17.3 Å². The maximum absolute atomic E-state index is 11.8. The second kappa shape index (κ2) is 8.50. The highest BCUT2D eigenvalue weighted by atomic mass is 35.5. The summed E-state index contributed by atoms with van der Waals surface area (Å²) in [6.45, 7) is 3.42. The molecule has 0 aromatic heterocycles. The number of nitrogens with one attached hydrogen (secondary N) is 3. The molecule has 23 heavy (non-hydrogen) atoms. The number of carbonyl (C=O) groups is 3. The van der Waals surface area contributed by atoms with Crippen molar-refractivity contribution in [3.63, 3.8) is 0 Å². The monoisotopic (exact) mass is 340 g/mol. The van der Waals surface area contributed by atoms with Crippen LogP contribution in [0.2, 0.25) is 5.02 Å². The van der Waals surface area contributed by atoms with Crippen molar-refractivity contribution in [1.29, 1.82) is 0 Å². The zero-order valence-electron chi connectivity index (χ0n) is 13.3. The molecule has 7 nitrogen and oxygen atoms in total. The Morgan fingerprint density at radius 1 is 1.26 bits per heavy atom. The fraction of sp³-hybridized carbons (Fsp3) is 0.400. The second-order valence-corrected chi connectivity index (χ2v) is 5.72. The summed E-state index contributed by atoms with van der Waals surface area (Å²) in [5.41, 5.74) is 6.33. The predicted molar refractivity (Wildman–Crippen MR) is 89.3 cm³/mol. The second-order valence-electron chi connectivity index (χ2n) is 5.31. The molecule has 0 fully saturated rings. The van der Waals surface area contributed by atoms with E-state index in [-0.39, 0.29) is 29.0 Å². The van der Waals surface area contributed by atoms with Crippen LogP contribution in [0.25, 0.3) is 0 Å². The van der Waals surface area contributed by atoms with Gasteiger partial charge in [-0.25, -0.2) is 0 Å². The lowest BCUT2D eigenvalue weighted by Crippen LogP contribution is -2.46. The van der Waals surface area contributed by atoms with Gasteiger partial charge in [0.05, 0.1) is 23.2 Å². The summed E-state index contributed by atoms with van der Waals surface area (Å²) in [4.78, 5) is 35.2. The van der Waals surface area contributed by atoms with Crippen LogP contribution in [-0.4, -0.2) is 37.4 Å². The molecule has 0 aliphatic rings. The van der Waals surface area contributed by atoms with Crippen LogP contribution in [0.4, 0.5) is 5.69 Å². The van der Waals surface area contributed by atoms with Crippen molar-refractivity contribution in [3.05, 3.63) is 28.8 Å². The fourth-order valence-corrected chi connectivity index (χ4v) is 1.91. The summed E-state index contributed by atoms with van der Waals surface area (Å²) in [5, 5.41) is 7.78. The highest BCUT2D eigenvalue weighted by Gasteiger charge is 2.18. The summed E-state index contributed by atoms with van der Waals surface area (Å²) in [6.07, 6.45) is 0. The van der Waals surface area contributed by atoms with Crippen LogP contribution in [0, 0.1) is 5.92 Å². The maximum Gasteiger partial charge on any atom is 0.252 e. The van der Waals surface area contributed by atoms with Gasteiger partial charge in [-0.3, -0.25) is 14.4 Å². The number of rotatable bonds is 6. The number of benzene rings is 1. The van der Waals surface area contributed by atoms with E-state index in [9.17, 15) is 14.4 Å². The van der Waals surface area contributed by atoms with E-state index in [2.05, 4.69) is 16.0 Å². The Morgan fingerprint density at radius 3 is 2.48 bits per heavy atom. The van der Waals surface area contributed by atoms with Gasteiger partial charge in [-0.1, -0.05) is 25.4 Å². The van der Waals surface area contributed by atoms with Crippen molar-refractivity contribution in [2.24, 2.45) is 11.7 Å². The number of anilines is 1. The molecule has 1 aromatic carbocycles. The average Bonchev–Trinajstić information content (AvgIpc) is 2.52. The molecule has 0 aliphatic heterocycles. The van der Waals surface area contributed by atoms with E-state index in [1.165, 1.54) is 19.2 Å². The number of carbonyl (C=O) groups excluding carboxylic acids is 3. The first-order chi connectivity index (χ1) is 10.8. The lowest BCUT2D eigenvalue weighted by molar-refractivity contribution is -0.125. The van der Waals surface area contributed by atoms with Gasteiger partial charge in [0, 0.05) is 12.7 Å². The van der Waals surface area contributed by atoms with Crippen molar-refractivity contribution in [1.82, 2.24) is 10.6 Å². The fourth-order valence-electron chi connectivity index (χ4n) is 1.70. The zero-order chi connectivity index (χ0) is 17.6. The lowest BCUT2D eigenvalue weighted by atomic mass is 10.1. The Morgan fingerprint density at radius 2 is 1.91 bits per heavy atom. The van der Waals surface area contributed by atoms with Crippen LogP contribution in [0.1, 0.15) is 24.2 Å². The van der Waals surface area contributed by atoms with E-state index in [0.717, 1.165) is 0 Å². The van der Waals surface area contributed by atoms with Crippen molar-refractivity contribution < 1.29 is 14.4 Å². The molecular weight excluding hydrogens is 320 g/mol. The van der Waals surface area contributed by atoms with Gasteiger partial charge >= 0.3 is 0 Å². The molecule has 1 atom stereocenters. The third kappa shape index (κ3) is 5.54. The van der Waals surface area contributed by atoms with E-state index >= 15 is 0 Å². The number of hydrogen-bond donors (Lipinski definition) is 4. The van der Waals surface area contributed by atoms with Crippen LogP contribution in [0.15, 0.2) is 18.2 Å². The minimum atomic E-state index is -0.668. The molecule has 1 aromatic rings. The third-order valence-electron chi connectivity index (χ3n) is 3.17. The molecule has 0 unspecified atom stereocenters. The van der Waals surface area contributed by atoms with Crippen LogP contribution in [-0.2, 0) is 9.59 Å². The summed E-state index contributed by atoms with van der Waals surface area (Å²) in [7, 11) is 1.48. The minimum absolute atomic E-state index is 0.0237. The Labute approximate surface area is 139 Å².